The van der Waals surface area contributed by atoms with Crippen molar-refractivity contribution in [1.82, 2.24) is 15.2 Å². The normalized spacial score (nSPS) is 18.2. The zero-order valence-corrected chi connectivity index (χ0v) is 14.8. The van der Waals surface area contributed by atoms with E-state index in [4.69, 9.17) is 4.98 Å². The Kier molecular flexibility index (Phi) is 7.14. The Balaban J connectivity index is 1.94. The highest BCUT2D eigenvalue weighted by Gasteiger charge is 2.24. The fourth-order valence-electron chi connectivity index (χ4n) is 3.11. The van der Waals surface area contributed by atoms with Crippen molar-refractivity contribution in [3.8, 4) is 0 Å². The summed E-state index contributed by atoms with van der Waals surface area (Å²) in [6.07, 6.45) is 6.23. The minimum Gasteiger partial charge on any atom is -0.316 e. The van der Waals surface area contributed by atoms with Crippen molar-refractivity contribution in [3.05, 3.63) is 15.6 Å². The Labute approximate surface area is 134 Å². The molecule has 0 saturated carbocycles. The molecule has 1 aliphatic carbocycles. The fraction of sp³-hybridized carbons (Fsp3) is 0.824. The van der Waals surface area contributed by atoms with E-state index in [1.807, 2.05) is 11.3 Å². The van der Waals surface area contributed by atoms with Crippen LogP contribution in [0.3, 0.4) is 0 Å². The number of aromatic nitrogens is 1. The van der Waals surface area contributed by atoms with Crippen LogP contribution in [0.4, 0.5) is 0 Å². The standard InChI is InChI=1S/C17H31N3S/c1-4-11-18-13-14-8-7-9-15-17(14)19-16(21-15)10-12-20(5-2)6-3/h14,18H,4-13H2,1-3H3. The highest BCUT2D eigenvalue weighted by Crippen LogP contribution is 2.34. The van der Waals surface area contributed by atoms with E-state index in [1.165, 1.54) is 36.4 Å². The van der Waals surface area contributed by atoms with Gasteiger partial charge in [-0.15, -0.1) is 11.3 Å². The van der Waals surface area contributed by atoms with Crippen LogP contribution in [-0.4, -0.2) is 42.6 Å². The summed E-state index contributed by atoms with van der Waals surface area (Å²) in [6.45, 7) is 12.4. The summed E-state index contributed by atoms with van der Waals surface area (Å²) in [6, 6.07) is 0. The maximum absolute atomic E-state index is 5.00. The summed E-state index contributed by atoms with van der Waals surface area (Å²) in [4.78, 5) is 9.06. The number of nitrogens with one attached hydrogen (secondary N) is 1. The largest absolute Gasteiger partial charge is 0.316 e. The molecule has 0 amide bonds. The first-order chi connectivity index (χ1) is 10.3. The van der Waals surface area contributed by atoms with Crippen molar-refractivity contribution in [1.29, 1.82) is 0 Å². The third kappa shape index (κ3) is 4.76. The van der Waals surface area contributed by atoms with E-state index < -0.39 is 0 Å². The molecule has 1 unspecified atom stereocenters. The molecule has 0 fully saturated rings. The molecule has 1 heterocycles. The lowest BCUT2D eigenvalue weighted by Gasteiger charge is -2.21. The van der Waals surface area contributed by atoms with Gasteiger partial charge < -0.3 is 10.2 Å². The molecule has 0 aliphatic heterocycles. The predicted octanol–water partition coefficient (Wildman–Crippen LogP) is 3.45. The van der Waals surface area contributed by atoms with Crippen molar-refractivity contribution in [2.45, 2.75) is 58.8 Å². The summed E-state index contributed by atoms with van der Waals surface area (Å²) in [7, 11) is 0. The average molecular weight is 310 g/mol. The molecular formula is C17H31N3S. The monoisotopic (exact) mass is 309 g/mol. The van der Waals surface area contributed by atoms with Crippen molar-refractivity contribution in [3.63, 3.8) is 0 Å². The third-order valence-corrected chi connectivity index (χ3v) is 5.66. The molecule has 1 N–H and O–H groups in total. The Morgan fingerprint density at radius 1 is 1.29 bits per heavy atom. The first-order valence-corrected chi connectivity index (χ1v) is 9.51. The molecule has 0 saturated heterocycles. The molecule has 1 aromatic heterocycles. The van der Waals surface area contributed by atoms with Gasteiger partial charge in [0.25, 0.3) is 0 Å². The number of rotatable bonds is 9. The van der Waals surface area contributed by atoms with E-state index in [2.05, 4.69) is 31.0 Å². The van der Waals surface area contributed by atoms with E-state index >= 15 is 0 Å². The van der Waals surface area contributed by atoms with Gasteiger partial charge in [0.2, 0.25) is 0 Å². The maximum atomic E-state index is 5.00. The van der Waals surface area contributed by atoms with Gasteiger partial charge in [-0.1, -0.05) is 20.8 Å². The molecule has 0 bridgehead atoms. The lowest BCUT2D eigenvalue weighted by atomic mass is 9.91. The molecular weight excluding hydrogens is 278 g/mol. The average Bonchev–Trinajstić information content (AvgIpc) is 2.92. The highest BCUT2D eigenvalue weighted by molar-refractivity contribution is 7.11. The Morgan fingerprint density at radius 2 is 2.10 bits per heavy atom. The van der Waals surface area contributed by atoms with E-state index in [1.54, 1.807) is 4.88 Å². The molecule has 3 nitrogen and oxygen atoms in total. The van der Waals surface area contributed by atoms with Crippen molar-refractivity contribution in [2.75, 3.05) is 32.7 Å². The zero-order chi connectivity index (χ0) is 15.1. The Hall–Kier alpha value is -0.450. The topological polar surface area (TPSA) is 28.2 Å². The van der Waals surface area contributed by atoms with Crippen LogP contribution in [0.25, 0.3) is 0 Å². The third-order valence-electron chi connectivity index (χ3n) is 4.47. The summed E-state index contributed by atoms with van der Waals surface area (Å²) < 4.78 is 0. The van der Waals surface area contributed by atoms with E-state index in [-0.39, 0.29) is 0 Å². The van der Waals surface area contributed by atoms with Gasteiger partial charge in [0.1, 0.15) is 0 Å². The Morgan fingerprint density at radius 3 is 2.81 bits per heavy atom. The van der Waals surface area contributed by atoms with Crippen LogP contribution < -0.4 is 5.32 Å². The number of hydrogen-bond acceptors (Lipinski definition) is 4. The van der Waals surface area contributed by atoms with Crippen LogP contribution in [0.2, 0.25) is 0 Å². The molecule has 2 rings (SSSR count). The first kappa shape index (κ1) is 16.9. The number of fused-ring (bicyclic) bond motifs is 1. The van der Waals surface area contributed by atoms with Crippen LogP contribution in [0.5, 0.6) is 0 Å². The quantitative estimate of drug-likeness (QED) is 0.708. The fourth-order valence-corrected chi connectivity index (χ4v) is 4.30. The zero-order valence-electron chi connectivity index (χ0n) is 14.0. The maximum Gasteiger partial charge on any atom is 0.0944 e. The van der Waals surface area contributed by atoms with Gasteiger partial charge in [0.05, 0.1) is 10.7 Å². The molecule has 0 aromatic carbocycles. The number of hydrogen-bond donors (Lipinski definition) is 1. The SMILES string of the molecule is CCCNCC1CCCc2sc(CCN(CC)CC)nc21. The summed E-state index contributed by atoms with van der Waals surface area (Å²) >= 11 is 1.98. The van der Waals surface area contributed by atoms with Gasteiger partial charge in [0, 0.05) is 30.3 Å². The van der Waals surface area contributed by atoms with Crippen molar-refractivity contribution >= 4 is 11.3 Å². The van der Waals surface area contributed by atoms with Crippen molar-refractivity contribution < 1.29 is 0 Å². The number of aryl methyl sites for hydroxylation is 1. The molecule has 1 aliphatic rings. The van der Waals surface area contributed by atoms with Crippen LogP contribution in [0, 0.1) is 0 Å². The lowest BCUT2D eigenvalue weighted by molar-refractivity contribution is 0.307. The van der Waals surface area contributed by atoms with Gasteiger partial charge in [-0.25, -0.2) is 4.98 Å². The summed E-state index contributed by atoms with van der Waals surface area (Å²) in [5, 5.41) is 4.94. The van der Waals surface area contributed by atoms with Crippen LogP contribution in [0.1, 0.15) is 61.5 Å². The van der Waals surface area contributed by atoms with Crippen LogP contribution in [-0.2, 0) is 12.8 Å². The van der Waals surface area contributed by atoms with Gasteiger partial charge >= 0.3 is 0 Å². The second-order valence-corrected chi connectivity index (χ2v) is 7.15. The summed E-state index contributed by atoms with van der Waals surface area (Å²) in [5.41, 5.74) is 1.42. The van der Waals surface area contributed by atoms with Gasteiger partial charge in [-0.3, -0.25) is 0 Å². The molecule has 1 aromatic rings. The highest BCUT2D eigenvalue weighted by atomic mass is 32.1. The molecule has 0 spiro atoms. The van der Waals surface area contributed by atoms with Crippen LogP contribution >= 0.6 is 11.3 Å². The second kappa shape index (κ2) is 8.86. The summed E-state index contributed by atoms with van der Waals surface area (Å²) in [5.74, 6) is 0.652. The smallest absolute Gasteiger partial charge is 0.0944 e. The molecule has 0 radical (unpaired) electrons. The predicted molar refractivity (Wildman–Crippen MR) is 92.4 cm³/mol. The van der Waals surface area contributed by atoms with Gasteiger partial charge in [-0.05, 0) is 45.3 Å². The molecule has 4 heteroatoms. The van der Waals surface area contributed by atoms with Crippen molar-refractivity contribution in [2.24, 2.45) is 0 Å². The van der Waals surface area contributed by atoms with Gasteiger partial charge in [-0.2, -0.15) is 0 Å². The number of thiazole rings is 1. The first-order valence-electron chi connectivity index (χ1n) is 8.69. The molecule has 21 heavy (non-hydrogen) atoms. The Bertz CT molecular complexity index is 412. The minimum absolute atomic E-state index is 0.652. The van der Waals surface area contributed by atoms with E-state index in [9.17, 15) is 0 Å². The van der Waals surface area contributed by atoms with E-state index in [0.29, 0.717) is 5.92 Å². The lowest BCUT2D eigenvalue weighted by Crippen LogP contribution is -2.25. The van der Waals surface area contributed by atoms with Gasteiger partial charge in [0.15, 0.2) is 0 Å². The van der Waals surface area contributed by atoms with E-state index in [0.717, 1.165) is 39.1 Å². The minimum atomic E-state index is 0.652. The second-order valence-electron chi connectivity index (χ2n) is 5.99. The molecule has 1 atom stereocenters. The van der Waals surface area contributed by atoms with Crippen LogP contribution in [0.15, 0.2) is 0 Å². The number of nitrogens with zero attached hydrogens (tertiary/aromatic N) is 2. The number of likely N-dealkylation sites (N-methyl/N-ethyl adjacent to an activating group) is 1. The molecule has 120 valence electrons.